The number of nitriles is 1. The summed E-state index contributed by atoms with van der Waals surface area (Å²) < 4.78 is 15.5. The highest BCUT2D eigenvalue weighted by molar-refractivity contribution is 9.10. The van der Waals surface area contributed by atoms with E-state index in [1.54, 1.807) is 12.3 Å². The van der Waals surface area contributed by atoms with Crippen molar-refractivity contribution in [1.29, 1.82) is 5.26 Å². The summed E-state index contributed by atoms with van der Waals surface area (Å²) in [5, 5.41) is 13.1. The summed E-state index contributed by atoms with van der Waals surface area (Å²) in [6.45, 7) is 0.0525. The van der Waals surface area contributed by atoms with Gasteiger partial charge >= 0.3 is 0 Å². The molecule has 0 aliphatic rings. The maximum atomic E-state index is 13.4. The lowest BCUT2D eigenvalue weighted by atomic mass is 10.2. The summed E-state index contributed by atoms with van der Waals surface area (Å²) in [5.41, 5.74) is 0.362. The highest BCUT2D eigenvalue weighted by Crippen LogP contribution is 2.25. The van der Waals surface area contributed by atoms with Gasteiger partial charge in [-0.3, -0.25) is 0 Å². The molecule has 0 spiro atoms. The van der Waals surface area contributed by atoms with E-state index in [-0.39, 0.29) is 12.4 Å². The van der Waals surface area contributed by atoms with Crippen molar-refractivity contribution in [2.45, 2.75) is 6.54 Å². The maximum Gasteiger partial charge on any atom is 0.149 e. The molecule has 0 aliphatic carbocycles. The van der Waals surface area contributed by atoms with Crippen LogP contribution in [0.4, 0.5) is 4.39 Å². The molecule has 0 saturated carbocycles. The summed E-state index contributed by atoms with van der Waals surface area (Å²) in [6, 6.07) is 4.90. The summed E-state index contributed by atoms with van der Waals surface area (Å²) in [5.74, 6) is -0.365. The highest BCUT2D eigenvalue weighted by Gasteiger charge is 2.10. The van der Waals surface area contributed by atoms with Crippen LogP contribution in [0.15, 0.2) is 22.8 Å². The third kappa shape index (κ3) is 1.28. The van der Waals surface area contributed by atoms with Crippen molar-refractivity contribution in [1.82, 2.24) is 9.78 Å². The number of hydrogen-bond donors (Lipinski definition) is 0. The lowest BCUT2D eigenvalue weighted by Crippen LogP contribution is -1.98. The Morgan fingerprint density at radius 1 is 1.57 bits per heavy atom. The fourth-order valence-corrected chi connectivity index (χ4v) is 1.74. The summed E-state index contributed by atoms with van der Waals surface area (Å²) in [7, 11) is 0. The van der Waals surface area contributed by atoms with Crippen LogP contribution in [-0.4, -0.2) is 9.78 Å². The van der Waals surface area contributed by atoms with E-state index >= 15 is 0 Å². The third-order valence-corrected chi connectivity index (χ3v) is 2.61. The van der Waals surface area contributed by atoms with Crippen molar-refractivity contribution in [2.24, 2.45) is 0 Å². The number of benzene rings is 1. The van der Waals surface area contributed by atoms with Gasteiger partial charge in [0.2, 0.25) is 0 Å². The molecule has 1 heterocycles. The van der Waals surface area contributed by atoms with Gasteiger partial charge in [-0.25, -0.2) is 9.07 Å². The van der Waals surface area contributed by atoms with E-state index in [9.17, 15) is 4.39 Å². The number of nitrogens with zero attached hydrogens (tertiary/aromatic N) is 3. The van der Waals surface area contributed by atoms with E-state index < -0.39 is 0 Å². The monoisotopic (exact) mass is 253 g/mol. The van der Waals surface area contributed by atoms with Gasteiger partial charge in [0.15, 0.2) is 0 Å². The largest absolute Gasteiger partial charge is 0.248 e. The molecule has 0 bridgehead atoms. The molecule has 0 unspecified atom stereocenters. The fourth-order valence-electron chi connectivity index (χ4n) is 1.31. The Kier molecular flexibility index (Phi) is 2.22. The third-order valence-electron chi connectivity index (χ3n) is 1.92. The summed E-state index contributed by atoms with van der Waals surface area (Å²) in [6.07, 6.45) is 1.54. The second kappa shape index (κ2) is 3.39. The first kappa shape index (κ1) is 9.16. The molecule has 0 fully saturated rings. The van der Waals surface area contributed by atoms with Crippen molar-refractivity contribution in [2.75, 3.05) is 0 Å². The molecule has 2 rings (SSSR count). The average Bonchev–Trinajstić information content (AvgIpc) is 2.58. The van der Waals surface area contributed by atoms with Gasteiger partial charge in [0.05, 0.1) is 12.3 Å². The lowest BCUT2D eigenvalue weighted by molar-refractivity contribution is 0.619. The molecule has 0 aliphatic heterocycles. The van der Waals surface area contributed by atoms with Gasteiger partial charge in [-0.1, -0.05) is 15.9 Å². The van der Waals surface area contributed by atoms with Crippen LogP contribution >= 0.6 is 15.9 Å². The zero-order chi connectivity index (χ0) is 10.1. The molecule has 0 saturated heterocycles. The van der Waals surface area contributed by atoms with Crippen molar-refractivity contribution in [3.63, 3.8) is 0 Å². The Balaban J connectivity index is 2.78. The van der Waals surface area contributed by atoms with E-state index in [1.807, 2.05) is 6.07 Å². The van der Waals surface area contributed by atoms with Gasteiger partial charge < -0.3 is 0 Å². The second-order valence-electron chi connectivity index (χ2n) is 2.75. The minimum atomic E-state index is -0.365. The van der Waals surface area contributed by atoms with E-state index in [1.165, 1.54) is 10.7 Å². The first-order chi connectivity index (χ1) is 6.74. The van der Waals surface area contributed by atoms with Crippen LogP contribution in [0.25, 0.3) is 10.9 Å². The minimum absolute atomic E-state index is 0.0525. The average molecular weight is 254 g/mol. The van der Waals surface area contributed by atoms with Crippen LogP contribution in [0.1, 0.15) is 0 Å². The van der Waals surface area contributed by atoms with Crippen LogP contribution < -0.4 is 0 Å². The van der Waals surface area contributed by atoms with Gasteiger partial charge in [0.25, 0.3) is 0 Å². The molecule has 0 radical (unpaired) electrons. The zero-order valence-corrected chi connectivity index (χ0v) is 8.62. The minimum Gasteiger partial charge on any atom is -0.248 e. The van der Waals surface area contributed by atoms with Crippen LogP contribution in [-0.2, 0) is 6.54 Å². The Morgan fingerprint density at radius 3 is 3.07 bits per heavy atom. The lowest BCUT2D eigenvalue weighted by Gasteiger charge is -1.99. The molecule has 5 heteroatoms. The van der Waals surface area contributed by atoms with Crippen LogP contribution in [0.5, 0.6) is 0 Å². The fraction of sp³-hybridized carbons (Fsp3) is 0.111. The summed E-state index contributed by atoms with van der Waals surface area (Å²) >= 11 is 3.29. The standard InChI is InChI=1S/C9H5BrFN3/c10-7-1-2-8(11)9-6(7)5-13-14(9)4-3-12/h1-2,5H,4H2. The number of fused-ring (bicyclic) bond motifs is 1. The van der Waals surface area contributed by atoms with Gasteiger partial charge in [-0.2, -0.15) is 10.4 Å². The molecule has 2 aromatic rings. The first-order valence-corrected chi connectivity index (χ1v) is 4.70. The molecule has 0 amide bonds. The smallest absolute Gasteiger partial charge is 0.149 e. The number of halogens is 2. The summed E-state index contributed by atoms with van der Waals surface area (Å²) in [4.78, 5) is 0. The first-order valence-electron chi connectivity index (χ1n) is 3.90. The van der Waals surface area contributed by atoms with Crippen LogP contribution in [0.2, 0.25) is 0 Å². The maximum absolute atomic E-state index is 13.4. The molecular weight excluding hydrogens is 249 g/mol. The topological polar surface area (TPSA) is 41.6 Å². The molecule has 14 heavy (non-hydrogen) atoms. The predicted octanol–water partition coefficient (Wildman–Crippen LogP) is 2.46. The molecule has 70 valence electrons. The zero-order valence-electron chi connectivity index (χ0n) is 7.04. The number of aromatic nitrogens is 2. The van der Waals surface area contributed by atoms with Gasteiger partial charge in [0.1, 0.15) is 17.9 Å². The molecule has 0 atom stereocenters. The predicted molar refractivity (Wildman–Crippen MR) is 53.0 cm³/mol. The Labute approximate surface area is 87.9 Å². The van der Waals surface area contributed by atoms with Crippen molar-refractivity contribution >= 4 is 26.8 Å². The van der Waals surface area contributed by atoms with Gasteiger partial charge in [0, 0.05) is 9.86 Å². The molecule has 0 N–H and O–H groups in total. The quantitative estimate of drug-likeness (QED) is 0.784. The van der Waals surface area contributed by atoms with Gasteiger partial charge in [-0.05, 0) is 12.1 Å². The number of hydrogen-bond acceptors (Lipinski definition) is 2. The van der Waals surface area contributed by atoms with E-state index in [2.05, 4.69) is 21.0 Å². The second-order valence-corrected chi connectivity index (χ2v) is 3.61. The van der Waals surface area contributed by atoms with Crippen molar-refractivity contribution in [3.05, 3.63) is 28.6 Å². The molecule has 1 aromatic carbocycles. The molecule has 3 nitrogen and oxygen atoms in total. The number of rotatable bonds is 1. The van der Waals surface area contributed by atoms with E-state index in [0.717, 1.165) is 4.47 Å². The van der Waals surface area contributed by atoms with Crippen LogP contribution in [0, 0.1) is 17.1 Å². The normalized spacial score (nSPS) is 10.4. The molecule has 1 aromatic heterocycles. The van der Waals surface area contributed by atoms with Crippen molar-refractivity contribution in [3.8, 4) is 6.07 Å². The highest BCUT2D eigenvalue weighted by atomic mass is 79.9. The molecular formula is C9H5BrFN3. The Bertz CT molecular complexity index is 527. The SMILES string of the molecule is N#CCn1ncc2c(Br)ccc(F)c21. The Morgan fingerprint density at radius 2 is 2.36 bits per heavy atom. The Hall–Kier alpha value is -1.41. The van der Waals surface area contributed by atoms with E-state index in [0.29, 0.717) is 10.9 Å². The van der Waals surface area contributed by atoms with E-state index in [4.69, 9.17) is 5.26 Å². The van der Waals surface area contributed by atoms with Crippen LogP contribution in [0.3, 0.4) is 0 Å². The van der Waals surface area contributed by atoms with Gasteiger partial charge in [-0.15, -0.1) is 0 Å². The van der Waals surface area contributed by atoms with Crippen molar-refractivity contribution < 1.29 is 4.39 Å².